The molecule has 3 aromatic carbocycles. The Morgan fingerprint density at radius 1 is 0.610 bits per heavy atom. The van der Waals surface area contributed by atoms with Gasteiger partial charge in [-0.2, -0.15) is 4.31 Å². The van der Waals surface area contributed by atoms with Gasteiger partial charge in [-0.05, 0) is 53.6 Å². The van der Waals surface area contributed by atoms with E-state index in [1.165, 1.54) is 21.3 Å². The number of rotatable bonds is 5. The van der Waals surface area contributed by atoms with Crippen molar-refractivity contribution in [2.24, 2.45) is 0 Å². The molecule has 12 heteroatoms. The Kier molecular flexibility index (Phi) is 9.23. The fourth-order valence-electron chi connectivity index (χ4n) is 5.27. The standard InChI is InChI=1S/C29H29Cl3N4O4S/c30-23-8-4-21(5-9-23)27(22-6-10-24(31)11-7-22)33-12-14-34(15-13-33)28(37)29(38)35-16-18-36(19-17-35)41(39,40)26-3-1-2-25(32)20-26/h1-11,20,27H,12-19H2. The third kappa shape index (κ3) is 6.71. The Morgan fingerprint density at radius 2 is 1.07 bits per heavy atom. The van der Waals surface area contributed by atoms with E-state index in [2.05, 4.69) is 4.90 Å². The van der Waals surface area contributed by atoms with Gasteiger partial charge < -0.3 is 9.80 Å². The summed E-state index contributed by atoms with van der Waals surface area (Å²) in [4.78, 5) is 31.7. The SMILES string of the molecule is O=C(C(=O)N1CCN(S(=O)(=O)c2cccc(Cl)c2)CC1)N1CCN(C(c2ccc(Cl)cc2)c2ccc(Cl)cc2)CC1. The second kappa shape index (κ2) is 12.7. The van der Waals surface area contributed by atoms with Crippen LogP contribution in [0, 0.1) is 0 Å². The van der Waals surface area contributed by atoms with Crippen LogP contribution in [-0.4, -0.2) is 91.6 Å². The average molecular weight is 636 g/mol. The van der Waals surface area contributed by atoms with Gasteiger partial charge in [0.05, 0.1) is 10.9 Å². The van der Waals surface area contributed by atoms with E-state index in [0.717, 1.165) is 11.1 Å². The minimum absolute atomic E-state index is 0.0630. The number of halogens is 3. The van der Waals surface area contributed by atoms with Crippen molar-refractivity contribution in [1.82, 2.24) is 19.0 Å². The molecule has 2 amide bonds. The van der Waals surface area contributed by atoms with Crippen LogP contribution in [0.15, 0.2) is 77.7 Å². The van der Waals surface area contributed by atoms with Gasteiger partial charge in [0.25, 0.3) is 0 Å². The molecule has 2 fully saturated rings. The van der Waals surface area contributed by atoms with E-state index in [1.807, 2.05) is 48.5 Å². The lowest BCUT2D eigenvalue weighted by Crippen LogP contribution is -2.57. The summed E-state index contributed by atoms with van der Waals surface area (Å²) in [5.74, 6) is -1.17. The summed E-state index contributed by atoms with van der Waals surface area (Å²) < 4.78 is 27.3. The Hall–Kier alpha value is -2.66. The molecule has 0 aromatic heterocycles. The van der Waals surface area contributed by atoms with E-state index in [0.29, 0.717) is 41.2 Å². The third-order valence-electron chi connectivity index (χ3n) is 7.48. The predicted molar refractivity (Wildman–Crippen MR) is 160 cm³/mol. The highest BCUT2D eigenvalue weighted by Gasteiger charge is 2.35. The van der Waals surface area contributed by atoms with Gasteiger partial charge in [0.1, 0.15) is 0 Å². The van der Waals surface area contributed by atoms with Crippen LogP contribution in [0.5, 0.6) is 0 Å². The molecule has 0 saturated carbocycles. The molecule has 0 spiro atoms. The van der Waals surface area contributed by atoms with Crippen molar-refractivity contribution in [1.29, 1.82) is 0 Å². The molecule has 3 aromatic rings. The first kappa shape index (κ1) is 29.8. The fourth-order valence-corrected chi connectivity index (χ4v) is 7.24. The lowest BCUT2D eigenvalue weighted by molar-refractivity contribution is -0.153. The van der Waals surface area contributed by atoms with Crippen molar-refractivity contribution < 1.29 is 18.0 Å². The molecule has 8 nitrogen and oxygen atoms in total. The number of hydrogen-bond acceptors (Lipinski definition) is 5. The number of amides is 2. The van der Waals surface area contributed by atoms with Crippen LogP contribution in [0.1, 0.15) is 17.2 Å². The van der Waals surface area contributed by atoms with Crippen molar-refractivity contribution in [3.05, 3.63) is 99.0 Å². The van der Waals surface area contributed by atoms with Crippen molar-refractivity contribution in [2.75, 3.05) is 52.4 Å². The van der Waals surface area contributed by atoms with Crippen molar-refractivity contribution in [3.8, 4) is 0 Å². The molecule has 2 saturated heterocycles. The summed E-state index contributed by atoms with van der Waals surface area (Å²) in [7, 11) is -3.74. The summed E-state index contributed by atoms with van der Waals surface area (Å²) in [6, 6.07) is 21.4. The molecule has 0 radical (unpaired) electrons. The minimum Gasteiger partial charge on any atom is -0.332 e. The van der Waals surface area contributed by atoms with Gasteiger partial charge in [-0.1, -0.05) is 65.1 Å². The van der Waals surface area contributed by atoms with E-state index in [-0.39, 0.29) is 37.1 Å². The summed E-state index contributed by atoms with van der Waals surface area (Å²) in [6.07, 6.45) is 0. The summed E-state index contributed by atoms with van der Waals surface area (Å²) in [5.41, 5.74) is 2.14. The maximum absolute atomic E-state index is 13.2. The highest BCUT2D eigenvalue weighted by molar-refractivity contribution is 7.89. The monoisotopic (exact) mass is 634 g/mol. The number of piperazine rings is 2. The van der Waals surface area contributed by atoms with Crippen LogP contribution in [0.3, 0.4) is 0 Å². The molecule has 2 heterocycles. The number of carbonyl (C=O) groups is 2. The fraction of sp³-hybridized carbons (Fsp3) is 0.310. The Morgan fingerprint density at radius 3 is 1.54 bits per heavy atom. The zero-order valence-electron chi connectivity index (χ0n) is 22.1. The second-order valence-corrected chi connectivity index (χ2v) is 13.2. The molecule has 2 aliphatic rings. The zero-order valence-corrected chi connectivity index (χ0v) is 25.2. The van der Waals surface area contributed by atoms with E-state index in [4.69, 9.17) is 34.8 Å². The quantitative estimate of drug-likeness (QED) is 0.388. The first-order valence-corrected chi connectivity index (χ1v) is 15.8. The van der Waals surface area contributed by atoms with Crippen molar-refractivity contribution >= 4 is 56.6 Å². The topological polar surface area (TPSA) is 81.2 Å². The molecular formula is C29H29Cl3N4O4S. The number of hydrogen-bond donors (Lipinski definition) is 0. The first-order valence-electron chi connectivity index (χ1n) is 13.2. The highest BCUT2D eigenvalue weighted by atomic mass is 35.5. The summed E-state index contributed by atoms with van der Waals surface area (Å²) in [5, 5.41) is 1.64. The first-order chi connectivity index (χ1) is 19.6. The summed E-state index contributed by atoms with van der Waals surface area (Å²) >= 11 is 18.2. The predicted octanol–water partition coefficient (Wildman–Crippen LogP) is 4.41. The van der Waals surface area contributed by atoms with Gasteiger partial charge in [-0.3, -0.25) is 14.5 Å². The molecule has 2 aliphatic heterocycles. The van der Waals surface area contributed by atoms with Gasteiger partial charge >= 0.3 is 11.8 Å². The van der Waals surface area contributed by atoms with E-state index in [1.54, 1.807) is 17.0 Å². The minimum atomic E-state index is -3.74. The molecule has 216 valence electrons. The van der Waals surface area contributed by atoms with Crippen LogP contribution >= 0.6 is 34.8 Å². The van der Waals surface area contributed by atoms with Crippen LogP contribution in [0.2, 0.25) is 15.1 Å². The molecule has 0 atom stereocenters. The molecule has 0 N–H and O–H groups in total. The lowest BCUT2D eigenvalue weighted by Gasteiger charge is -2.40. The molecule has 5 rings (SSSR count). The molecule has 0 bridgehead atoms. The Balaban J connectivity index is 1.20. The Labute approximate surface area is 255 Å². The molecular weight excluding hydrogens is 607 g/mol. The van der Waals surface area contributed by atoms with Crippen LogP contribution in [0.4, 0.5) is 0 Å². The summed E-state index contributed by atoms with van der Waals surface area (Å²) in [6.45, 7) is 2.41. The normalized spacial score (nSPS) is 17.2. The largest absolute Gasteiger partial charge is 0.332 e. The smallest absolute Gasteiger partial charge is 0.312 e. The zero-order chi connectivity index (χ0) is 29.1. The van der Waals surface area contributed by atoms with Crippen LogP contribution < -0.4 is 0 Å². The number of nitrogens with zero attached hydrogens (tertiary/aromatic N) is 4. The molecule has 0 unspecified atom stereocenters. The third-order valence-corrected chi connectivity index (χ3v) is 10.1. The number of carbonyl (C=O) groups excluding carboxylic acids is 2. The van der Waals surface area contributed by atoms with E-state index >= 15 is 0 Å². The van der Waals surface area contributed by atoms with Gasteiger partial charge in [0, 0.05) is 67.4 Å². The van der Waals surface area contributed by atoms with Gasteiger partial charge in [-0.25, -0.2) is 8.42 Å². The van der Waals surface area contributed by atoms with Crippen LogP contribution in [0.25, 0.3) is 0 Å². The van der Waals surface area contributed by atoms with Crippen molar-refractivity contribution in [3.63, 3.8) is 0 Å². The van der Waals surface area contributed by atoms with Gasteiger partial charge in [0.2, 0.25) is 10.0 Å². The Bertz CT molecular complexity index is 1460. The van der Waals surface area contributed by atoms with E-state index in [9.17, 15) is 18.0 Å². The second-order valence-electron chi connectivity index (χ2n) is 9.99. The average Bonchev–Trinajstić information content (AvgIpc) is 2.99. The molecule has 0 aliphatic carbocycles. The maximum Gasteiger partial charge on any atom is 0.312 e. The van der Waals surface area contributed by atoms with Crippen LogP contribution in [-0.2, 0) is 19.6 Å². The highest BCUT2D eigenvalue weighted by Crippen LogP contribution is 2.31. The van der Waals surface area contributed by atoms with Gasteiger partial charge in [0.15, 0.2) is 0 Å². The maximum atomic E-state index is 13.2. The number of sulfonamides is 1. The molecule has 41 heavy (non-hydrogen) atoms. The van der Waals surface area contributed by atoms with E-state index < -0.39 is 21.8 Å². The lowest BCUT2D eigenvalue weighted by atomic mass is 9.96. The van der Waals surface area contributed by atoms with Gasteiger partial charge in [-0.15, -0.1) is 0 Å². The van der Waals surface area contributed by atoms with Crippen molar-refractivity contribution in [2.45, 2.75) is 10.9 Å². The number of benzene rings is 3.